The van der Waals surface area contributed by atoms with Gasteiger partial charge in [-0.3, -0.25) is 9.69 Å². The first-order valence-electron chi connectivity index (χ1n) is 4.29. The number of hydrogen-bond donors (Lipinski definition) is 1. The van der Waals surface area contributed by atoms with E-state index in [1.165, 1.54) is 6.08 Å². The maximum Gasteiger partial charge on any atom is 0.174 e. The van der Waals surface area contributed by atoms with Crippen molar-refractivity contribution in [2.45, 2.75) is 25.8 Å². The second-order valence-electron chi connectivity index (χ2n) is 3.43. The van der Waals surface area contributed by atoms with Gasteiger partial charge in [-0.1, -0.05) is 0 Å². The summed E-state index contributed by atoms with van der Waals surface area (Å²) in [6, 6.07) is 0.0727. The van der Waals surface area contributed by atoms with E-state index in [-0.39, 0.29) is 11.8 Å². The highest BCUT2D eigenvalue weighted by atomic mass is 16.1. The zero-order chi connectivity index (χ0) is 9.14. The van der Waals surface area contributed by atoms with E-state index in [9.17, 15) is 4.79 Å². The van der Waals surface area contributed by atoms with Crippen LogP contribution in [0.2, 0.25) is 0 Å². The lowest BCUT2D eigenvalue weighted by Gasteiger charge is -2.15. The van der Waals surface area contributed by atoms with Gasteiger partial charge in [0.05, 0.1) is 6.04 Å². The summed E-state index contributed by atoms with van der Waals surface area (Å²) in [6.45, 7) is 2.76. The fourth-order valence-electron chi connectivity index (χ4n) is 1.59. The lowest BCUT2D eigenvalue weighted by Crippen LogP contribution is -2.32. The quantitative estimate of drug-likeness (QED) is 0.611. The number of rotatable bonds is 2. The van der Waals surface area contributed by atoms with Gasteiger partial charge in [0.15, 0.2) is 5.78 Å². The van der Waals surface area contributed by atoms with Gasteiger partial charge in [0.1, 0.15) is 0 Å². The Hall–Kier alpha value is -0.830. The Labute approximate surface area is 73.2 Å². The van der Waals surface area contributed by atoms with E-state index >= 15 is 0 Å². The first-order chi connectivity index (χ1) is 5.61. The molecule has 3 nitrogen and oxygen atoms in total. The molecule has 1 heterocycles. The Balaban J connectivity index is 2.58. The molecule has 0 unspecified atom stereocenters. The molecule has 0 saturated carbocycles. The number of nitrogens with two attached hydrogens (primary N) is 1. The average Bonchev–Trinajstić information content (AvgIpc) is 2.33. The van der Waals surface area contributed by atoms with E-state index in [2.05, 4.69) is 4.90 Å². The summed E-state index contributed by atoms with van der Waals surface area (Å²) in [5.41, 5.74) is 6.03. The number of hydrogen-bond acceptors (Lipinski definition) is 3. The molecule has 1 aliphatic rings. The molecule has 0 aliphatic carbocycles. The molecule has 68 valence electrons. The Morgan fingerprint density at radius 1 is 1.67 bits per heavy atom. The zero-order valence-electron chi connectivity index (χ0n) is 7.71. The standard InChI is InChI=1S/C9H16N2O/c1-7(10)6-9(12)8-4-3-5-11(8)2/h6,8H,3-5,10H2,1-2H3/t8-/m0/s1. The third-order valence-electron chi connectivity index (χ3n) is 2.22. The molecule has 1 saturated heterocycles. The molecule has 1 atom stereocenters. The maximum atomic E-state index is 11.5. The molecule has 3 heteroatoms. The number of ketones is 1. The monoisotopic (exact) mass is 168 g/mol. The Bertz CT molecular complexity index is 207. The van der Waals surface area contributed by atoms with Crippen LogP contribution >= 0.6 is 0 Å². The van der Waals surface area contributed by atoms with E-state index < -0.39 is 0 Å². The van der Waals surface area contributed by atoms with Crippen LogP contribution in [0.25, 0.3) is 0 Å². The van der Waals surface area contributed by atoms with Crippen LogP contribution in [-0.4, -0.2) is 30.3 Å². The van der Waals surface area contributed by atoms with Crippen LogP contribution in [0.4, 0.5) is 0 Å². The fourth-order valence-corrected chi connectivity index (χ4v) is 1.59. The van der Waals surface area contributed by atoms with Gasteiger partial charge in [-0.15, -0.1) is 0 Å². The second kappa shape index (κ2) is 3.72. The highest BCUT2D eigenvalue weighted by molar-refractivity contribution is 5.94. The van der Waals surface area contributed by atoms with Crippen molar-refractivity contribution in [2.75, 3.05) is 13.6 Å². The third-order valence-corrected chi connectivity index (χ3v) is 2.22. The van der Waals surface area contributed by atoms with Gasteiger partial charge in [-0.05, 0) is 33.4 Å². The lowest BCUT2D eigenvalue weighted by atomic mass is 10.1. The van der Waals surface area contributed by atoms with E-state index in [0.717, 1.165) is 19.4 Å². The predicted molar refractivity (Wildman–Crippen MR) is 48.6 cm³/mol. The van der Waals surface area contributed by atoms with Gasteiger partial charge < -0.3 is 5.73 Å². The number of likely N-dealkylation sites (tertiary alicyclic amines) is 1. The first-order valence-corrected chi connectivity index (χ1v) is 4.29. The van der Waals surface area contributed by atoms with Gasteiger partial charge in [0, 0.05) is 11.8 Å². The molecular weight excluding hydrogens is 152 g/mol. The number of carbonyl (C=O) groups excluding carboxylic acids is 1. The fraction of sp³-hybridized carbons (Fsp3) is 0.667. The Morgan fingerprint density at radius 3 is 2.75 bits per heavy atom. The zero-order valence-corrected chi connectivity index (χ0v) is 7.71. The molecule has 1 aliphatic heterocycles. The normalized spacial score (nSPS) is 26.2. The van der Waals surface area contributed by atoms with Crippen LogP contribution in [0.3, 0.4) is 0 Å². The summed E-state index contributed by atoms with van der Waals surface area (Å²) in [6.07, 6.45) is 3.62. The molecule has 1 fully saturated rings. The third kappa shape index (κ3) is 2.08. The molecule has 1 rings (SSSR count). The number of allylic oxidation sites excluding steroid dienone is 1. The molecular formula is C9H16N2O. The van der Waals surface area contributed by atoms with Crippen molar-refractivity contribution >= 4 is 5.78 Å². The summed E-state index contributed by atoms with van der Waals surface area (Å²) in [7, 11) is 1.98. The molecule has 0 bridgehead atoms. The minimum absolute atomic E-state index is 0.0727. The van der Waals surface area contributed by atoms with Crippen LogP contribution in [0.1, 0.15) is 19.8 Å². The minimum atomic E-state index is 0.0727. The van der Waals surface area contributed by atoms with Crippen molar-refractivity contribution in [3.05, 3.63) is 11.8 Å². The minimum Gasteiger partial charge on any atom is -0.402 e. The largest absolute Gasteiger partial charge is 0.402 e. The second-order valence-corrected chi connectivity index (χ2v) is 3.43. The number of carbonyl (C=O) groups is 1. The van der Waals surface area contributed by atoms with Gasteiger partial charge >= 0.3 is 0 Å². The molecule has 12 heavy (non-hydrogen) atoms. The Kier molecular flexibility index (Phi) is 2.87. The Morgan fingerprint density at radius 2 is 2.33 bits per heavy atom. The van der Waals surface area contributed by atoms with Gasteiger partial charge in [-0.25, -0.2) is 0 Å². The van der Waals surface area contributed by atoms with E-state index in [0.29, 0.717) is 5.70 Å². The van der Waals surface area contributed by atoms with Crippen LogP contribution in [0.15, 0.2) is 11.8 Å². The van der Waals surface area contributed by atoms with Crippen molar-refractivity contribution in [3.8, 4) is 0 Å². The SMILES string of the molecule is CC(N)=CC(=O)[C@@H]1CCCN1C. The first kappa shape index (κ1) is 9.26. The average molecular weight is 168 g/mol. The molecule has 0 aromatic rings. The highest BCUT2D eigenvalue weighted by Crippen LogP contribution is 2.15. The topological polar surface area (TPSA) is 46.3 Å². The maximum absolute atomic E-state index is 11.5. The van der Waals surface area contributed by atoms with E-state index in [1.807, 2.05) is 7.05 Å². The summed E-state index contributed by atoms with van der Waals surface area (Å²) in [5.74, 6) is 0.148. The summed E-state index contributed by atoms with van der Waals surface area (Å²) < 4.78 is 0. The van der Waals surface area contributed by atoms with Crippen molar-refractivity contribution in [1.82, 2.24) is 4.90 Å². The number of nitrogens with zero attached hydrogens (tertiary/aromatic N) is 1. The lowest BCUT2D eigenvalue weighted by molar-refractivity contribution is -0.118. The van der Waals surface area contributed by atoms with Crippen LogP contribution in [0.5, 0.6) is 0 Å². The van der Waals surface area contributed by atoms with Crippen LogP contribution in [-0.2, 0) is 4.79 Å². The van der Waals surface area contributed by atoms with Gasteiger partial charge in [0.2, 0.25) is 0 Å². The summed E-state index contributed by atoms with van der Waals surface area (Å²) in [4.78, 5) is 13.6. The molecule has 2 N–H and O–H groups in total. The molecule has 0 aromatic heterocycles. The van der Waals surface area contributed by atoms with Crippen molar-refractivity contribution in [2.24, 2.45) is 5.73 Å². The highest BCUT2D eigenvalue weighted by Gasteiger charge is 2.25. The van der Waals surface area contributed by atoms with E-state index in [1.54, 1.807) is 6.92 Å². The summed E-state index contributed by atoms with van der Waals surface area (Å²) in [5, 5.41) is 0. The molecule has 0 aromatic carbocycles. The molecule has 0 amide bonds. The molecule has 0 spiro atoms. The van der Waals surface area contributed by atoms with Gasteiger partial charge in [0.25, 0.3) is 0 Å². The number of likely N-dealkylation sites (N-methyl/N-ethyl adjacent to an activating group) is 1. The smallest absolute Gasteiger partial charge is 0.174 e. The van der Waals surface area contributed by atoms with Crippen LogP contribution in [0, 0.1) is 0 Å². The van der Waals surface area contributed by atoms with Gasteiger partial charge in [-0.2, -0.15) is 0 Å². The predicted octanol–water partition coefficient (Wildman–Crippen LogP) is 0.512. The van der Waals surface area contributed by atoms with Crippen molar-refractivity contribution < 1.29 is 4.79 Å². The van der Waals surface area contributed by atoms with E-state index in [4.69, 9.17) is 5.73 Å². The molecule has 0 radical (unpaired) electrons. The van der Waals surface area contributed by atoms with Crippen molar-refractivity contribution in [3.63, 3.8) is 0 Å². The van der Waals surface area contributed by atoms with Crippen LogP contribution < -0.4 is 5.73 Å². The summed E-state index contributed by atoms with van der Waals surface area (Å²) >= 11 is 0. The van der Waals surface area contributed by atoms with Crippen molar-refractivity contribution in [1.29, 1.82) is 0 Å².